The number of rotatable bonds is 3. The van der Waals surface area contributed by atoms with Gasteiger partial charge in [0.05, 0.1) is 24.1 Å². The molecule has 0 unspecified atom stereocenters. The Morgan fingerprint density at radius 3 is 2.80 bits per heavy atom. The lowest BCUT2D eigenvalue weighted by Gasteiger charge is -2.20. The van der Waals surface area contributed by atoms with Gasteiger partial charge in [0.2, 0.25) is 5.91 Å². The molecular weight excluding hydrogens is 297 g/mol. The van der Waals surface area contributed by atoms with Crippen LogP contribution in [0.4, 0.5) is 13.2 Å². The van der Waals surface area contributed by atoms with Crippen LogP contribution in [0.2, 0.25) is 0 Å². The number of aromatic nitrogens is 2. The van der Waals surface area contributed by atoms with Gasteiger partial charge >= 0.3 is 6.18 Å². The molecule has 1 fully saturated rings. The van der Waals surface area contributed by atoms with Crippen molar-refractivity contribution in [2.75, 3.05) is 13.1 Å². The van der Waals surface area contributed by atoms with Crippen LogP contribution in [0.25, 0.3) is 0 Å². The summed E-state index contributed by atoms with van der Waals surface area (Å²) in [6.07, 6.45) is -2.78. The van der Waals surface area contributed by atoms with E-state index in [1.165, 1.54) is 0 Å². The fourth-order valence-corrected chi connectivity index (χ4v) is 2.18. The third kappa shape index (κ3) is 3.63. The van der Waals surface area contributed by atoms with E-state index in [0.717, 1.165) is 5.69 Å². The molecule has 0 spiro atoms. The minimum Gasteiger partial charge on any atom is -0.350 e. The molecule has 0 saturated carbocycles. The van der Waals surface area contributed by atoms with Gasteiger partial charge in [-0.2, -0.15) is 18.3 Å². The maximum atomic E-state index is 12.7. The van der Waals surface area contributed by atoms with E-state index in [-0.39, 0.29) is 32.0 Å². The van der Waals surface area contributed by atoms with Gasteiger partial charge in [0.15, 0.2) is 0 Å². The molecule has 0 radical (unpaired) electrons. The number of halogens is 4. The number of aryl methyl sites for hydroxylation is 1. The fraction of sp³-hybridized carbons (Fsp3) is 0.636. The summed E-state index contributed by atoms with van der Waals surface area (Å²) in [4.78, 5) is 11.8. The Kier molecular flexibility index (Phi) is 5.41. The van der Waals surface area contributed by atoms with E-state index >= 15 is 0 Å². The molecule has 114 valence electrons. The predicted molar refractivity (Wildman–Crippen MR) is 68.2 cm³/mol. The monoisotopic (exact) mass is 312 g/mol. The topological polar surface area (TPSA) is 59.0 Å². The lowest BCUT2D eigenvalue weighted by molar-refractivity contribution is -0.182. The summed E-state index contributed by atoms with van der Waals surface area (Å²) < 4.78 is 39.7. The second kappa shape index (κ2) is 6.45. The number of carbonyl (C=O) groups excluding carboxylic acids is 1. The van der Waals surface area contributed by atoms with Crippen molar-refractivity contribution in [1.29, 1.82) is 0 Å². The van der Waals surface area contributed by atoms with Crippen molar-refractivity contribution in [2.45, 2.75) is 12.7 Å². The SMILES string of the molecule is Cl.Cn1nccc1CNC(=O)[C@@H]1CNC[C@H]1C(F)(F)F. The number of hydrogen-bond acceptors (Lipinski definition) is 3. The number of amides is 1. The summed E-state index contributed by atoms with van der Waals surface area (Å²) in [5.74, 6) is -3.25. The number of alkyl halides is 3. The molecule has 20 heavy (non-hydrogen) atoms. The van der Waals surface area contributed by atoms with E-state index in [9.17, 15) is 18.0 Å². The van der Waals surface area contributed by atoms with E-state index in [0.29, 0.717) is 0 Å². The Morgan fingerprint density at radius 2 is 2.25 bits per heavy atom. The lowest BCUT2D eigenvalue weighted by Crippen LogP contribution is -2.40. The van der Waals surface area contributed by atoms with Crippen LogP contribution in [0.5, 0.6) is 0 Å². The molecule has 1 aliphatic rings. The normalized spacial score (nSPS) is 22.4. The van der Waals surface area contributed by atoms with E-state index in [2.05, 4.69) is 15.7 Å². The Bertz CT molecular complexity index is 463. The van der Waals surface area contributed by atoms with Crippen molar-refractivity contribution in [3.05, 3.63) is 18.0 Å². The molecule has 1 aromatic rings. The third-order valence-corrected chi connectivity index (χ3v) is 3.34. The molecule has 1 aliphatic heterocycles. The Labute approximate surface area is 120 Å². The molecule has 2 N–H and O–H groups in total. The fourth-order valence-electron chi connectivity index (χ4n) is 2.18. The molecule has 2 rings (SSSR count). The van der Waals surface area contributed by atoms with Crippen LogP contribution in [0.15, 0.2) is 12.3 Å². The summed E-state index contributed by atoms with van der Waals surface area (Å²) >= 11 is 0. The molecule has 2 heterocycles. The van der Waals surface area contributed by atoms with Crippen molar-refractivity contribution in [3.63, 3.8) is 0 Å². The maximum absolute atomic E-state index is 12.7. The standard InChI is InChI=1S/C11H15F3N4O.ClH/c1-18-7(2-3-17-18)4-16-10(19)8-5-15-6-9(8)11(12,13)14;/h2-3,8-9,15H,4-6H2,1H3,(H,16,19);1H/t8-,9-;/m1./s1. The molecule has 0 aromatic carbocycles. The molecule has 0 bridgehead atoms. The van der Waals surface area contributed by atoms with Crippen molar-refractivity contribution < 1.29 is 18.0 Å². The second-order valence-electron chi connectivity index (χ2n) is 4.58. The highest BCUT2D eigenvalue weighted by atomic mass is 35.5. The first-order chi connectivity index (χ1) is 8.89. The minimum atomic E-state index is -4.35. The average Bonchev–Trinajstić information content (AvgIpc) is 2.93. The Balaban J connectivity index is 0.00000200. The van der Waals surface area contributed by atoms with Crippen LogP contribution in [-0.2, 0) is 18.4 Å². The van der Waals surface area contributed by atoms with Crippen LogP contribution in [0.3, 0.4) is 0 Å². The zero-order valence-electron chi connectivity index (χ0n) is 10.8. The number of carbonyl (C=O) groups is 1. The van der Waals surface area contributed by atoms with Gasteiger partial charge in [0.1, 0.15) is 0 Å². The van der Waals surface area contributed by atoms with Crippen molar-refractivity contribution >= 4 is 18.3 Å². The summed E-state index contributed by atoms with van der Waals surface area (Å²) in [6, 6.07) is 1.70. The van der Waals surface area contributed by atoms with Crippen molar-refractivity contribution in [3.8, 4) is 0 Å². The van der Waals surface area contributed by atoms with Gasteiger partial charge in [-0.05, 0) is 6.07 Å². The molecule has 1 saturated heterocycles. The molecule has 9 heteroatoms. The lowest BCUT2D eigenvalue weighted by atomic mass is 9.94. The number of nitrogens with one attached hydrogen (secondary N) is 2. The van der Waals surface area contributed by atoms with E-state index in [4.69, 9.17) is 0 Å². The Morgan fingerprint density at radius 1 is 1.55 bits per heavy atom. The highest BCUT2D eigenvalue weighted by Crippen LogP contribution is 2.34. The van der Waals surface area contributed by atoms with Gasteiger partial charge in [-0.1, -0.05) is 0 Å². The van der Waals surface area contributed by atoms with Gasteiger partial charge in [-0.3, -0.25) is 9.48 Å². The summed E-state index contributed by atoms with van der Waals surface area (Å²) in [5, 5.41) is 9.07. The van der Waals surface area contributed by atoms with Gasteiger partial charge < -0.3 is 10.6 Å². The smallest absolute Gasteiger partial charge is 0.350 e. The third-order valence-electron chi connectivity index (χ3n) is 3.34. The molecule has 0 aliphatic carbocycles. The first-order valence-electron chi connectivity index (χ1n) is 5.91. The predicted octanol–water partition coefficient (Wildman–Crippen LogP) is 0.856. The van der Waals surface area contributed by atoms with E-state index in [1.54, 1.807) is 24.0 Å². The molecule has 1 amide bonds. The number of hydrogen-bond donors (Lipinski definition) is 2. The van der Waals surface area contributed by atoms with Gasteiger partial charge in [0.25, 0.3) is 0 Å². The van der Waals surface area contributed by atoms with Gasteiger partial charge in [-0.25, -0.2) is 0 Å². The van der Waals surface area contributed by atoms with Crippen LogP contribution >= 0.6 is 12.4 Å². The second-order valence-corrected chi connectivity index (χ2v) is 4.58. The highest BCUT2D eigenvalue weighted by molar-refractivity contribution is 5.85. The van der Waals surface area contributed by atoms with E-state index in [1.807, 2.05) is 0 Å². The summed E-state index contributed by atoms with van der Waals surface area (Å²) in [7, 11) is 1.71. The first-order valence-corrected chi connectivity index (χ1v) is 5.91. The molecule has 1 aromatic heterocycles. The summed E-state index contributed by atoms with van der Waals surface area (Å²) in [6.45, 7) is 0.0328. The first kappa shape index (κ1) is 16.8. The van der Waals surface area contributed by atoms with E-state index < -0.39 is 23.9 Å². The zero-order chi connectivity index (χ0) is 14.0. The summed E-state index contributed by atoms with van der Waals surface area (Å²) in [5.41, 5.74) is 0.739. The highest BCUT2D eigenvalue weighted by Gasteiger charge is 2.49. The number of nitrogens with zero attached hydrogens (tertiary/aromatic N) is 2. The van der Waals surface area contributed by atoms with Crippen LogP contribution < -0.4 is 10.6 Å². The zero-order valence-corrected chi connectivity index (χ0v) is 11.6. The molecule has 5 nitrogen and oxygen atoms in total. The maximum Gasteiger partial charge on any atom is 0.393 e. The molecular formula is C11H16ClF3N4O. The Hall–Kier alpha value is -1.28. The van der Waals surface area contributed by atoms with Crippen LogP contribution in [0.1, 0.15) is 5.69 Å². The van der Waals surface area contributed by atoms with Gasteiger partial charge in [0, 0.05) is 26.3 Å². The van der Waals surface area contributed by atoms with Gasteiger partial charge in [-0.15, -0.1) is 12.4 Å². The van der Waals surface area contributed by atoms with Crippen molar-refractivity contribution in [2.24, 2.45) is 18.9 Å². The van der Waals surface area contributed by atoms with Crippen LogP contribution in [0, 0.1) is 11.8 Å². The quantitative estimate of drug-likeness (QED) is 0.870. The minimum absolute atomic E-state index is 0. The average molecular weight is 313 g/mol. The van der Waals surface area contributed by atoms with Crippen molar-refractivity contribution in [1.82, 2.24) is 20.4 Å². The van der Waals surface area contributed by atoms with Crippen LogP contribution in [-0.4, -0.2) is 35.0 Å². The molecule has 2 atom stereocenters. The largest absolute Gasteiger partial charge is 0.393 e.